The van der Waals surface area contributed by atoms with Gasteiger partial charge in [-0.25, -0.2) is 0 Å². The van der Waals surface area contributed by atoms with Crippen LogP contribution in [0, 0.1) is 23.7 Å². The molecule has 17 heavy (non-hydrogen) atoms. The maximum absolute atomic E-state index is 11.8. The van der Waals surface area contributed by atoms with Crippen LogP contribution in [0.15, 0.2) is 23.8 Å². The lowest BCUT2D eigenvalue weighted by Crippen LogP contribution is -2.34. The van der Waals surface area contributed by atoms with E-state index in [0.29, 0.717) is 0 Å². The lowest BCUT2D eigenvalue weighted by atomic mass is 9.83. The van der Waals surface area contributed by atoms with Crippen molar-refractivity contribution < 1.29 is 19.4 Å². The van der Waals surface area contributed by atoms with E-state index in [4.69, 9.17) is 21.4 Å². The molecule has 92 valence electrons. The van der Waals surface area contributed by atoms with Gasteiger partial charge in [0.2, 0.25) is 0 Å². The number of aliphatic carboxylic acids is 1. The molecule has 1 N–H and O–H groups in total. The summed E-state index contributed by atoms with van der Waals surface area (Å²) >= 11 is 5.50. The van der Waals surface area contributed by atoms with Crippen molar-refractivity contribution in [2.75, 3.05) is 6.61 Å². The first kappa shape index (κ1) is 12.2. The summed E-state index contributed by atoms with van der Waals surface area (Å²) in [5.74, 6) is -2.74. The van der Waals surface area contributed by atoms with Crippen LogP contribution in [0.25, 0.3) is 0 Å². The van der Waals surface area contributed by atoms with Gasteiger partial charge in [0.25, 0.3) is 0 Å². The number of allylic oxidation sites excluding steroid dienone is 2. The monoisotopic (exact) mass is 256 g/mol. The number of carboxylic acids is 1. The van der Waals surface area contributed by atoms with Gasteiger partial charge in [0.15, 0.2) is 0 Å². The molecule has 0 aromatic rings. The van der Waals surface area contributed by atoms with Crippen LogP contribution in [0.1, 0.15) is 6.42 Å². The summed E-state index contributed by atoms with van der Waals surface area (Å²) in [7, 11) is 0. The third-order valence-electron chi connectivity index (χ3n) is 3.39. The third-order valence-corrected chi connectivity index (χ3v) is 3.50. The Morgan fingerprint density at radius 1 is 1.35 bits per heavy atom. The van der Waals surface area contributed by atoms with E-state index in [-0.39, 0.29) is 23.5 Å². The second-order valence-electron chi connectivity index (χ2n) is 4.46. The van der Waals surface area contributed by atoms with Crippen LogP contribution in [0.5, 0.6) is 0 Å². The molecule has 4 nitrogen and oxygen atoms in total. The molecule has 1 saturated carbocycles. The first-order chi connectivity index (χ1) is 8.00. The number of carboxylic acid groups (broad SMARTS) is 1. The normalized spacial score (nSPS) is 33.7. The minimum atomic E-state index is -0.937. The quantitative estimate of drug-likeness (QED) is 0.615. The van der Waals surface area contributed by atoms with Crippen LogP contribution in [0.3, 0.4) is 0 Å². The van der Waals surface area contributed by atoms with Crippen molar-refractivity contribution >= 4 is 23.5 Å². The number of hydrogen-bond donors (Lipinski definition) is 1. The van der Waals surface area contributed by atoms with Crippen molar-refractivity contribution in [3.8, 4) is 0 Å². The van der Waals surface area contributed by atoms with E-state index in [2.05, 4.69) is 6.58 Å². The van der Waals surface area contributed by atoms with Crippen LogP contribution in [0.2, 0.25) is 0 Å². The Morgan fingerprint density at radius 2 is 1.94 bits per heavy atom. The Labute approximate surface area is 104 Å². The Kier molecular flexibility index (Phi) is 3.24. The molecule has 0 aromatic heterocycles. The summed E-state index contributed by atoms with van der Waals surface area (Å²) in [5.41, 5.74) is 0. The van der Waals surface area contributed by atoms with Gasteiger partial charge in [-0.15, -0.1) is 0 Å². The van der Waals surface area contributed by atoms with Gasteiger partial charge in [-0.1, -0.05) is 30.3 Å². The minimum absolute atomic E-state index is 0.0165. The number of hydrogen-bond acceptors (Lipinski definition) is 3. The smallest absolute Gasteiger partial charge is 0.310 e. The van der Waals surface area contributed by atoms with Crippen molar-refractivity contribution in [2.45, 2.75) is 6.42 Å². The number of carbonyl (C=O) groups is 2. The highest BCUT2D eigenvalue weighted by Gasteiger charge is 2.52. The molecule has 0 unspecified atom stereocenters. The molecule has 0 amide bonds. The van der Waals surface area contributed by atoms with Crippen molar-refractivity contribution in [1.29, 1.82) is 0 Å². The molecule has 2 aliphatic rings. The fraction of sp³-hybridized carbons (Fsp3) is 0.500. The topological polar surface area (TPSA) is 63.6 Å². The summed E-state index contributed by atoms with van der Waals surface area (Å²) in [6.45, 7) is 3.35. The molecule has 0 aromatic carbocycles. The number of halogens is 1. The lowest BCUT2D eigenvalue weighted by Gasteiger charge is -2.22. The zero-order chi connectivity index (χ0) is 12.6. The SMILES string of the molecule is C=C(Cl)COC(=O)[C@H]1[C@H](C(=O)O)[C@@H]2C=C[C@H]1C2. The van der Waals surface area contributed by atoms with Gasteiger partial charge in [0, 0.05) is 5.03 Å². The van der Waals surface area contributed by atoms with Crippen LogP contribution < -0.4 is 0 Å². The Bertz CT molecular complexity index is 401. The predicted molar refractivity (Wildman–Crippen MR) is 61.3 cm³/mol. The average Bonchev–Trinajstić information content (AvgIpc) is 2.84. The maximum atomic E-state index is 11.8. The molecule has 2 rings (SSSR count). The molecule has 2 aliphatic carbocycles. The highest BCUT2D eigenvalue weighted by atomic mass is 35.5. The van der Waals surface area contributed by atoms with Crippen LogP contribution >= 0.6 is 11.6 Å². The number of esters is 1. The summed E-state index contributed by atoms with van der Waals surface area (Å²) in [6, 6.07) is 0. The number of carbonyl (C=O) groups excluding carboxylic acids is 1. The van der Waals surface area contributed by atoms with Gasteiger partial charge in [-0.3, -0.25) is 9.59 Å². The fourth-order valence-electron chi connectivity index (χ4n) is 2.73. The molecule has 0 heterocycles. The highest BCUT2D eigenvalue weighted by Crippen LogP contribution is 2.48. The van der Waals surface area contributed by atoms with Gasteiger partial charge in [-0.05, 0) is 18.3 Å². The van der Waals surface area contributed by atoms with E-state index in [1.54, 1.807) is 0 Å². The van der Waals surface area contributed by atoms with E-state index in [0.717, 1.165) is 6.42 Å². The standard InChI is InChI=1S/C12H13ClO4/c1-6(13)5-17-12(16)10-8-3-2-7(4-8)9(10)11(14)15/h2-3,7-10H,1,4-5H2,(H,14,15)/t7-,8+,9-,10-/m1/s1. The fourth-order valence-corrected chi connectivity index (χ4v) is 2.78. The molecule has 0 radical (unpaired) electrons. The molecule has 4 atom stereocenters. The van der Waals surface area contributed by atoms with Gasteiger partial charge in [0.1, 0.15) is 6.61 Å². The van der Waals surface area contributed by atoms with E-state index in [1.807, 2.05) is 12.2 Å². The largest absolute Gasteiger partial charge is 0.481 e. The summed E-state index contributed by atoms with van der Waals surface area (Å²) in [5, 5.41) is 9.37. The van der Waals surface area contributed by atoms with Gasteiger partial charge >= 0.3 is 11.9 Å². The van der Waals surface area contributed by atoms with Crippen molar-refractivity contribution in [2.24, 2.45) is 23.7 Å². The molecule has 5 heteroatoms. The summed E-state index contributed by atoms with van der Waals surface area (Å²) < 4.78 is 4.95. The van der Waals surface area contributed by atoms with Gasteiger partial charge in [0.05, 0.1) is 11.8 Å². The third kappa shape index (κ3) is 2.22. The van der Waals surface area contributed by atoms with Crippen LogP contribution in [0.4, 0.5) is 0 Å². The Hall–Kier alpha value is -1.29. The van der Waals surface area contributed by atoms with Crippen LogP contribution in [-0.4, -0.2) is 23.7 Å². The molecule has 0 spiro atoms. The Balaban J connectivity index is 2.08. The molecule has 1 fully saturated rings. The highest BCUT2D eigenvalue weighted by molar-refractivity contribution is 6.29. The minimum Gasteiger partial charge on any atom is -0.481 e. The molecule has 0 saturated heterocycles. The number of fused-ring (bicyclic) bond motifs is 2. The van der Waals surface area contributed by atoms with Crippen LogP contribution in [-0.2, 0) is 14.3 Å². The zero-order valence-corrected chi connectivity index (χ0v) is 9.89. The summed E-state index contributed by atoms with van der Waals surface area (Å²) in [4.78, 5) is 23.0. The summed E-state index contributed by atoms with van der Waals surface area (Å²) in [6.07, 6.45) is 4.51. The number of rotatable bonds is 4. The zero-order valence-electron chi connectivity index (χ0n) is 9.14. The molecule has 0 aliphatic heterocycles. The average molecular weight is 257 g/mol. The lowest BCUT2D eigenvalue weighted by molar-refractivity contribution is -0.157. The number of ether oxygens (including phenoxy) is 1. The maximum Gasteiger partial charge on any atom is 0.310 e. The second-order valence-corrected chi connectivity index (χ2v) is 5.00. The Morgan fingerprint density at radius 3 is 2.47 bits per heavy atom. The second kappa shape index (κ2) is 4.53. The van der Waals surface area contributed by atoms with Crippen molar-refractivity contribution in [3.05, 3.63) is 23.8 Å². The molecule has 2 bridgehead atoms. The molecular formula is C12H13ClO4. The van der Waals surface area contributed by atoms with E-state index in [1.165, 1.54) is 0 Å². The molecular weight excluding hydrogens is 244 g/mol. The van der Waals surface area contributed by atoms with Crippen molar-refractivity contribution in [3.63, 3.8) is 0 Å². The van der Waals surface area contributed by atoms with E-state index < -0.39 is 23.8 Å². The van der Waals surface area contributed by atoms with Gasteiger partial charge < -0.3 is 9.84 Å². The van der Waals surface area contributed by atoms with E-state index in [9.17, 15) is 9.59 Å². The first-order valence-electron chi connectivity index (χ1n) is 5.41. The van der Waals surface area contributed by atoms with Crippen molar-refractivity contribution in [1.82, 2.24) is 0 Å². The van der Waals surface area contributed by atoms with Gasteiger partial charge in [-0.2, -0.15) is 0 Å². The van der Waals surface area contributed by atoms with E-state index >= 15 is 0 Å². The predicted octanol–water partition coefficient (Wildman–Crippen LogP) is 1.80. The first-order valence-corrected chi connectivity index (χ1v) is 5.79.